The average molecular weight is 265 g/mol. The minimum absolute atomic E-state index is 0.332. The molecule has 2 nitrogen and oxygen atoms in total. The van der Waals surface area contributed by atoms with E-state index in [4.69, 9.17) is 4.74 Å². The van der Waals surface area contributed by atoms with Crippen LogP contribution in [-0.2, 0) is 10.9 Å². The maximum absolute atomic E-state index is 13.1. The van der Waals surface area contributed by atoms with Crippen LogP contribution in [0.3, 0.4) is 0 Å². The molecule has 0 radical (unpaired) electrons. The molecule has 0 fully saturated rings. The first-order valence-corrected chi connectivity index (χ1v) is 5.38. The molecular weight excluding hydrogens is 250 g/mol. The van der Waals surface area contributed by atoms with E-state index in [1.165, 1.54) is 13.2 Å². The molecule has 1 rings (SSSR count). The second-order valence-corrected chi connectivity index (χ2v) is 3.94. The lowest BCUT2D eigenvalue weighted by Crippen LogP contribution is -2.29. The Hall–Kier alpha value is -1.14. The molecule has 1 N–H and O–H groups in total. The zero-order chi connectivity index (χ0) is 13.9. The van der Waals surface area contributed by atoms with Gasteiger partial charge in [0.05, 0.1) is 17.7 Å². The fourth-order valence-electron chi connectivity index (χ4n) is 1.76. The van der Waals surface area contributed by atoms with Gasteiger partial charge in [-0.3, -0.25) is 0 Å². The summed E-state index contributed by atoms with van der Waals surface area (Å²) in [5, 5.41) is 2.85. The van der Waals surface area contributed by atoms with E-state index in [1.807, 2.05) is 0 Å². The van der Waals surface area contributed by atoms with Crippen molar-refractivity contribution in [2.45, 2.75) is 25.2 Å². The van der Waals surface area contributed by atoms with Crippen LogP contribution >= 0.6 is 0 Å². The van der Waals surface area contributed by atoms with Crippen molar-refractivity contribution >= 4 is 0 Å². The molecule has 18 heavy (non-hydrogen) atoms. The van der Waals surface area contributed by atoms with Gasteiger partial charge in [-0.05, 0) is 31.7 Å². The summed E-state index contributed by atoms with van der Waals surface area (Å²) in [4.78, 5) is 0. The van der Waals surface area contributed by atoms with Gasteiger partial charge >= 0.3 is 6.18 Å². The van der Waals surface area contributed by atoms with Crippen molar-refractivity contribution in [2.75, 3.05) is 14.2 Å². The maximum atomic E-state index is 13.1. The number of alkyl halides is 3. The van der Waals surface area contributed by atoms with Gasteiger partial charge < -0.3 is 10.1 Å². The highest BCUT2D eigenvalue weighted by Gasteiger charge is 2.35. The van der Waals surface area contributed by atoms with Crippen LogP contribution in [0.1, 0.15) is 24.1 Å². The van der Waals surface area contributed by atoms with E-state index >= 15 is 0 Å². The highest BCUT2D eigenvalue weighted by molar-refractivity contribution is 5.30. The summed E-state index contributed by atoms with van der Waals surface area (Å²) in [6.45, 7) is 1.72. The molecule has 0 bridgehead atoms. The molecule has 6 heteroatoms. The number of ether oxygens (including phenoxy) is 1. The fraction of sp³-hybridized carbons (Fsp3) is 0.500. The van der Waals surface area contributed by atoms with Crippen LogP contribution in [0, 0.1) is 5.82 Å². The topological polar surface area (TPSA) is 21.3 Å². The van der Waals surface area contributed by atoms with Crippen molar-refractivity contribution in [2.24, 2.45) is 0 Å². The molecule has 0 aliphatic heterocycles. The Morgan fingerprint density at radius 1 is 1.28 bits per heavy atom. The number of hydrogen-bond acceptors (Lipinski definition) is 2. The lowest BCUT2D eigenvalue weighted by Gasteiger charge is -2.23. The summed E-state index contributed by atoms with van der Waals surface area (Å²) in [6, 6.07) is 2.52. The molecule has 102 valence electrons. The number of methoxy groups -OCH3 is 1. The Morgan fingerprint density at radius 3 is 2.33 bits per heavy atom. The molecule has 0 saturated carbocycles. The van der Waals surface area contributed by atoms with Crippen LogP contribution in [-0.4, -0.2) is 20.3 Å². The zero-order valence-electron chi connectivity index (χ0n) is 10.3. The predicted octanol–water partition coefficient (Wildman–Crippen LogP) is 3.14. The van der Waals surface area contributed by atoms with Gasteiger partial charge in [0.1, 0.15) is 5.82 Å². The van der Waals surface area contributed by atoms with E-state index in [0.29, 0.717) is 5.56 Å². The summed E-state index contributed by atoms with van der Waals surface area (Å²) >= 11 is 0. The second-order valence-electron chi connectivity index (χ2n) is 3.94. The third kappa shape index (κ3) is 3.20. The Bertz CT molecular complexity index is 406. The Balaban J connectivity index is 3.18. The van der Waals surface area contributed by atoms with E-state index in [9.17, 15) is 17.6 Å². The van der Waals surface area contributed by atoms with Crippen molar-refractivity contribution < 1.29 is 22.3 Å². The number of rotatable bonds is 4. The number of halogens is 4. The van der Waals surface area contributed by atoms with Gasteiger partial charge in [0.25, 0.3) is 0 Å². The predicted molar refractivity (Wildman–Crippen MR) is 59.7 cm³/mol. The van der Waals surface area contributed by atoms with Gasteiger partial charge in [0, 0.05) is 7.11 Å². The summed E-state index contributed by atoms with van der Waals surface area (Å²) < 4.78 is 56.0. The van der Waals surface area contributed by atoms with Crippen LogP contribution in [0.4, 0.5) is 17.6 Å². The standard InChI is InChI=1S/C12H15F4NO/c1-7(18-3)11(17-2)8-4-5-10(13)9(6-8)12(14,15)16/h4-7,11,17H,1-3H3. The Labute approximate surface area is 103 Å². The normalized spacial score (nSPS) is 15.5. The van der Waals surface area contributed by atoms with Gasteiger partial charge in [-0.15, -0.1) is 0 Å². The summed E-state index contributed by atoms with van der Waals surface area (Å²) in [5.41, 5.74) is -0.927. The fourth-order valence-corrected chi connectivity index (χ4v) is 1.76. The van der Waals surface area contributed by atoms with Gasteiger partial charge in [-0.25, -0.2) is 4.39 Å². The minimum Gasteiger partial charge on any atom is -0.380 e. The van der Waals surface area contributed by atoms with Crippen molar-refractivity contribution in [1.82, 2.24) is 5.32 Å². The largest absolute Gasteiger partial charge is 0.419 e. The molecule has 0 aliphatic rings. The van der Waals surface area contributed by atoms with Gasteiger partial charge in [0.15, 0.2) is 0 Å². The van der Waals surface area contributed by atoms with Crippen LogP contribution in [0.2, 0.25) is 0 Å². The molecule has 0 aliphatic carbocycles. The molecule has 0 aromatic heterocycles. The maximum Gasteiger partial charge on any atom is 0.419 e. The highest BCUT2D eigenvalue weighted by Crippen LogP contribution is 2.33. The molecule has 0 amide bonds. The quantitative estimate of drug-likeness (QED) is 0.844. The molecular formula is C12H15F4NO. The molecule has 0 spiro atoms. The number of benzene rings is 1. The summed E-state index contributed by atoms with van der Waals surface area (Å²) in [7, 11) is 3.07. The molecule has 1 aromatic carbocycles. The average Bonchev–Trinajstić information content (AvgIpc) is 2.30. The van der Waals surface area contributed by atoms with Crippen molar-refractivity contribution in [1.29, 1.82) is 0 Å². The van der Waals surface area contributed by atoms with E-state index in [0.717, 1.165) is 12.1 Å². The monoisotopic (exact) mass is 265 g/mol. The summed E-state index contributed by atoms with van der Waals surface area (Å²) in [5.74, 6) is -1.27. The molecule has 0 heterocycles. The van der Waals surface area contributed by atoms with Crippen molar-refractivity contribution in [3.05, 3.63) is 35.1 Å². The van der Waals surface area contributed by atoms with E-state index in [2.05, 4.69) is 5.32 Å². The first kappa shape index (κ1) is 14.9. The zero-order valence-corrected chi connectivity index (χ0v) is 10.3. The second kappa shape index (κ2) is 5.67. The third-order valence-corrected chi connectivity index (χ3v) is 2.81. The minimum atomic E-state index is -4.70. The Morgan fingerprint density at radius 2 is 1.89 bits per heavy atom. The van der Waals surface area contributed by atoms with Crippen LogP contribution < -0.4 is 5.32 Å². The van der Waals surface area contributed by atoms with Gasteiger partial charge in [0.2, 0.25) is 0 Å². The van der Waals surface area contributed by atoms with E-state index in [-0.39, 0.29) is 6.10 Å². The first-order chi connectivity index (χ1) is 8.31. The van der Waals surface area contributed by atoms with Crippen molar-refractivity contribution in [3.8, 4) is 0 Å². The summed E-state index contributed by atoms with van der Waals surface area (Å²) in [6.07, 6.45) is -5.03. The lowest BCUT2D eigenvalue weighted by atomic mass is 9.99. The van der Waals surface area contributed by atoms with Gasteiger partial charge in [-0.1, -0.05) is 6.07 Å². The smallest absolute Gasteiger partial charge is 0.380 e. The number of nitrogens with one attached hydrogen (secondary N) is 1. The lowest BCUT2D eigenvalue weighted by molar-refractivity contribution is -0.140. The van der Waals surface area contributed by atoms with E-state index < -0.39 is 23.6 Å². The van der Waals surface area contributed by atoms with Crippen molar-refractivity contribution in [3.63, 3.8) is 0 Å². The van der Waals surface area contributed by atoms with Crippen LogP contribution in [0.5, 0.6) is 0 Å². The molecule has 0 saturated heterocycles. The third-order valence-electron chi connectivity index (χ3n) is 2.81. The van der Waals surface area contributed by atoms with Crippen LogP contribution in [0.25, 0.3) is 0 Å². The van der Waals surface area contributed by atoms with E-state index in [1.54, 1.807) is 14.0 Å². The number of likely N-dealkylation sites (N-methyl/N-ethyl adjacent to an activating group) is 1. The first-order valence-electron chi connectivity index (χ1n) is 5.38. The Kier molecular flexibility index (Phi) is 4.70. The SMILES string of the molecule is CNC(c1ccc(F)c(C(F)(F)F)c1)C(C)OC. The van der Waals surface area contributed by atoms with Crippen LogP contribution in [0.15, 0.2) is 18.2 Å². The number of hydrogen-bond donors (Lipinski definition) is 1. The molecule has 2 unspecified atom stereocenters. The molecule has 1 aromatic rings. The molecule has 2 atom stereocenters. The highest BCUT2D eigenvalue weighted by atomic mass is 19.4. The van der Waals surface area contributed by atoms with Gasteiger partial charge in [-0.2, -0.15) is 13.2 Å².